The fraction of sp³-hybridized carbons (Fsp3) is 0. The van der Waals surface area contributed by atoms with Crippen LogP contribution in [0.15, 0.2) is 73.1 Å². The Morgan fingerprint density at radius 1 is 1.03 bits per heavy atom. The second-order valence-corrected chi connectivity index (χ2v) is 6.61. The van der Waals surface area contributed by atoms with E-state index in [9.17, 15) is 14.9 Å². The van der Waals surface area contributed by atoms with E-state index in [0.717, 1.165) is 17.0 Å². The Morgan fingerprint density at radius 2 is 1.87 bits per heavy atom. The highest BCUT2D eigenvalue weighted by Gasteiger charge is 2.18. The van der Waals surface area contributed by atoms with Crippen LogP contribution in [-0.2, 0) is 0 Å². The molecule has 0 aliphatic rings. The van der Waals surface area contributed by atoms with Gasteiger partial charge < -0.3 is 10.1 Å². The zero-order chi connectivity index (χ0) is 21.1. The molecule has 0 amide bonds. The summed E-state index contributed by atoms with van der Waals surface area (Å²) < 4.78 is 5.36. The molecule has 0 atom stereocenters. The second-order valence-electron chi connectivity index (χ2n) is 6.21. The first-order valence-corrected chi connectivity index (χ1v) is 9.12. The van der Waals surface area contributed by atoms with E-state index in [1.54, 1.807) is 24.3 Å². The van der Waals surface area contributed by atoms with Crippen LogP contribution in [0.2, 0.25) is 5.02 Å². The van der Waals surface area contributed by atoms with Crippen molar-refractivity contribution in [1.82, 2.24) is 9.97 Å². The van der Waals surface area contributed by atoms with Crippen molar-refractivity contribution in [2.45, 2.75) is 0 Å². The van der Waals surface area contributed by atoms with Gasteiger partial charge in [0.15, 0.2) is 0 Å². The molecule has 0 spiro atoms. The molecule has 8 nitrogen and oxygen atoms in total. The van der Waals surface area contributed by atoms with E-state index in [1.165, 1.54) is 18.5 Å². The molecule has 30 heavy (non-hydrogen) atoms. The molecule has 0 radical (unpaired) electrons. The molecule has 1 aromatic heterocycles. The zero-order valence-electron chi connectivity index (χ0n) is 15.3. The fourth-order valence-corrected chi connectivity index (χ4v) is 3.01. The number of hydrogen-bond donors (Lipinski definition) is 1. The zero-order valence-corrected chi connectivity index (χ0v) is 16.0. The molecule has 0 saturated carbocycles. The van der Waals surface area contributed by atoms with E-state index in [4.69, 9.17) is 16.3 Å². The molecule has 4 aromatic rings. The Hall–Kier alpha value is -4.04. The lowest BCUT2D eigenvalue weighted by Crippen LogP contribution is -2.09. The molecule has 3 aromatic carbocycles. The maximum absolute atomic E-state index is 12.4. The van der Waals surface area contributed by atoms with E-state index < -0.39 is 10.9 Å². The summed E-state index contributed by atoms with van der Waals surface area (Å²) in [5.41, 5.74) is 1.09. The van der Waals surface area contributed by atoms with Gasteiger partial charge >= 0.3 is 5.97 Å². The number of benzene rings is 3. The average molecular weight is 421 g/mol. The summed E-state index contributed by atoms with van der Waals surface area (Å²) >= 11 is 5.78. The van der Waals surface area contributed by atoms with Gasteiger partial charge in [0.2, 0.25) is 0 Å². The molecule has 1 heterocycles. The summed E-state index contributed by atoms with van der Waals surface area (Å²) in [6.45, 7) is 0. The van der Waals surface area contributed by atoms with E-state index in [0.29, 0.717) is 11.5 Å². The quantitative estimate of drug-likeness (QED) is 0.206. The molecule has 148 valence electrons. The van der Waals surface area contributed by atoms with E-state index in [1.807, 2.05) is 24.3 Å². The monoisotopic (exact) mass is 420 g/mol. The number of anilines is 2. The van der Waals surface area contributed by atoms with Crippen LogP contribution < -0.4 is 10.1 Å². The highest BCUT2D eigenvalue weighted by atomic mass is 35.5. The number of aromatic nitrogens is 2. The van der Waals surface area contributed by atoms with Gasteiger partial charge in [-0.1, -0.05) is 29.8 Å². The Bertz CT molecular complexity index is 1270. The van der Waals surface area contributed by atoms with Crippen molar-refractivity contribution in [1.29, 1.82) is 0 Å². The van der Waals surface area contributed by atoms with E-state index in [2.05, 4.69) is 15.3 Å². The minimum atomic E-state index is -0.737. The molecule has 1 N–H and O–H groups in total. The molecule has 0 aliphatic carbocycles. The Morgan fingerprint density at radius 3 is 2.70 bits per heavy atom. The van der Waals surface area contributed by atoms with Crippen LogP contribution in [0.5, 0.6) is 5.75 Å². The van der Waals surface area contributed by atoms with Crippen molar-refractivity contribution in [3.8, 4) is 5.75 Å². The van der Waals surface area contributed by atoms with Gasteiger partial charge in [0.1, 0.15) is 22.9 Å². The number of halogens is 1. The topological polar surface area (TPSA) is 107 Å². The Labute approximate surface area is 175 Å². The third kappa shape index (κ3) is 4.03. The third-order valence-electron chi connectivity index (χ3n) is 4.23. The van der Waals surface area contributed by atoms with Gasteiger partial charge in [-0.3, -0.25) is 10.1 Å². The predicted molar refractivity (Wildman–Crippen MR) is 112 cm³/mol. The minimum absolute atomic E-state index is 0.0197. The van der Waals surface area contributed by atoms with Gasteiger partial charge in [0, 0.05) is 23.2 Å². The molecule has 0 fully saturated rings. The predicted octanol–water partition coefficient (Wildman–Crippen LogP) is 5.15. The summed E-state index contributed by atoms with van der Waals surface area (Å²) in [7, 11) is 0. The van der Waals surface area contributed by atoms with Crippen molar-refractivity contribution in [2.24, 2.45) is 0 Å². The maximum atomic E-state index is 12.4. The van der Waals surface area contributed by atoms with Crippen LogP contribution in [0.25, 0.3) is 10.9 Å². The smallest absolute Gasteiger partial charge is 0.343 e. The van der Waals surface area contributed by atoms with Crippen molar-refractivity contribution in [2.75, 3.05) is 5.32 Å². The molecule has 0 saturated heterocycles. The first-order valence-electron chi connectivity index (χ1n) is 8.74. The van der Waals surface area contributed by atoms with Crippen LogP contribution in [0.1, 0.15) is 10.4 Å². The second kappa shape index (κ2) is 8.14. The standard InChI is InChI=1S/C21H13ClN4O4/c22-17-9-8-13(10-19(17)26(28)29)21(27)30-15-5-3-4-14(11-15)25-20-16-6-1-2-7-18(16)23-12-24-20/h1-12H,(H,23,24,25). The molecule has 0 aliphatic heterocycles. The third-order valence-corrected chi connectivity index (χ3v) is 4.55. The number of nitrogens with one attached hydrogen (secondary N) is 1. The Kier molecular flexibility index (Phi) is 5.23. The van der Waals surface area contributed by atoms with Gasteiger partial charge in [-0.15, -0.1) is 0 Å². The van der Waals surface area contributed by atoms with Crippen LogP contribution in [0.4, 0.5) is 17.2 Å². The number of rotatable bonds is 5. The lowest BCUT2D eigenvalue weighted by molar-refractivity contribution is -0.384. The maximum Gasteiger partial charge on any atom is 0.343 e. The number of hydrogen-bond acceptors (Lipinski definition) is 7. The fourth-order valence-electron chi connectivity index (χ4n) is 2.82. The summed E-state index contributed by atoms with van der Waals surface area (Å²) in [5.74, 6) is 0.137. The van der Waals surface area contributed by atoms with E-state index in [-0.39, 0.29) is 22.0 Å². The lowest BCUT2D eigenvalue weighted by Gasteiger charge is -2.10. The number of nitrogens with zero attached hydrogens (tertiary/aromatic N) is 3. The van der Waals surface area contributed by atoms with Crippen LogP contribution >= 0.6 is 11.6 Å². The molecular formula is C21H13ClN4O4. The average Bonchev–Trinajstić information content (AvgIpc) is 2.74. The number of fused-ring (bicyclic) bond motifs is 1. The van der Waals surface area contributed by atoms with Gasteiger partial charge in [-0.05, 0) is 36.4 Å². The summed E-state index contributed by atoms with van der Waals surface area (Å²) in [6.07, 6.45) is 1.46. The van der Waals surface area contributed by atoms with Gasteiger partial charge in [-0.25, -0.2) is 14.8 Å². The highest BCUT2D eigenvalue weighted by molar-refractivity contribution is 6.32. The number of nitro benzene ring substituents is 1. The molecule has 0 bridgehead atoms. The van der Waals surface area contributed by atoms with Crippen molar-refractivity contribution >= 4 is 45.7 Å². The number of ether oxygens (including phenoxy) is 1. The van der Waals surface area contributed by atoms with Crippen molar-refractivity contribution < 1.29 is 14.5 Å². The van der Waals surface area contributed by atoms with Crippen LogP contribution in [0, 0.1) is 10.1 Å². The number of carbonyl (C=O) groups is 1. The molecule has 0 unspecified atom stereocenters. The van der Waals surface area contributed by atoms with Gasteiger partial charge in [0.05, 0.1) is 16.0 Å². The van der Waals surface area contributed by atoms with Crippen molar-refractivity contribution in [3.63, 3.8) is 0 Å². The SMILES string of the molecule is O=C(Oc1cccc(Nc2ncnc3ccccc23)c1)c1ccc(Cl)c([N+](=O)[O-])c1. The summed E-state index contributed by atoms with van der Waals surface area (Å²) in [4.78, 5) is 31.3. The molecular weight excluding hydrogens is 408 g/mol. The minimum Gasteiger partial charge on any atom is -0.423 e. The molecule has 9 heteroatoms. The Balaban J connectivity index is 1.56. The number of carbonyl (C=O) groups excluding carboxylic acids is 1. The first-order chi connectivity index (χ1) is 14.5. The van der Waals surface area contributed by atoms with E-state index >= 15 is 0 Å². The first kappa shape index (κ1) is 19.3. The number of para-hydroxylation sites is 1. The number of esters is 1. The largest absolute Gasteiger partial charge is 0.423 e. The van der Waals surface area contributed by atoms with Crippen molar-refractivity contribution in [3.05, 3.63) is 93.8 Å². The normalized spacial score (nSPS) is 10.6. The van der Waals surface area contributed by atoms with Gasteiger partial charge in [0.25, 0.3) is 5.69 Å². The summed E-state index contributed by atoms with van der Waals surface area (Å²) in [6, 6.07) is 18.0. The van der Waals surface area contributed by atoms with Crippen LogP contribution in [-0.4, -0.2) is 20.9 Å². The molecule has 4 rings (SSSR count). The van der Waals surface area contributed by atoms with Gasteiger partial charge in [-0.2, -0.15) is 0 Å². The summed E-state index contributed by atoms with van der Waals surface area (Å²) in [5, 5.41) is 15.0. The lowest BCUT2D eigenvalue weighted by atomic mass is 10.2. The van der Waals surface area contributed by atoms with Crippen LogP contribution in [0.3, 0.4) is 0 Å². The highest BCUT2D eigenvalue weighted by Crippen LogP contribution is 2.27. The number of nitro groups is 1.